The van der Waals surface area contributed by atoms with E-state index in [0.717, 1.165) is 41.7 Å². The van der Waals surface area contributed by atoms with E-state index >= 15 is 0 Å². The third-order valence-electron chi connectivity index (χ3n) is 5.34. The van der Waals surface area contributed by atoms with Crippen LogP contribution in [0.3, 0.4) is 0 Å². The van der Waals surface area contributed by atoms with Crippen molar-refractivity contribution < 1.29 is 18.7 Å². The average molecular weight is 461 g/mol. The predicted molar refractivity (Wildman–Crippen MR) is 122 cm³/mol. The maximum Gasteiger partial charge on any atom is 0.341 e. The lowest BCUT2D eigenvalue weighted by atomic mass is 9.95. The van der Waals surface area contributed by atoms with E-state index in [9.17, 15) is 9.59 Å². The number of thiophene rings is 1. The molecule has 0 radical (unpaired) electrons. The number of aryl methyl sites for hydroxylation is 1. The van der Waals surface area contributed by atoms with Crippen LogP contribution in [-0.2, 0) is 24.2 Å². The zero-order valence-corrected chi connectivity index (χ0v) is 18.4. The number of fused-ring (bicyclic) bond motifs is 1. The minimum atomic E-state index is -0.518. The Morgan fingerprint density at radius 3 is 2.73 bits per heavy atom. The van der Waals surface area contributed by atoms with Crippen LogP contribution >= 0.6 is 11.3 Å². The van der Waals surface area contributed by atoms with Gasteiger partial charge in [0.05, 0.1) is 11.1 Å². The van der Waals surface area contributed by atoms with E-state index in [2.05, 4.69) is 20.5 Å². The number of carbonyl (C=O) groups excluding carboxylic acids is 2. The standard InChI is InChI=1S/C24H20N4O4S/c29-21(16-9-6-12-25-13-16)26-23-20(17-10-4-5-11-18(17)33-23)24(30)31-14-19-27-28-22(32-19)15-7-2-1-3-8-15/h1-3,6-9,12-13H,4-5,10-11,14H2,(H,26,29). The van der Waals surface area contributed by atoms with Crippen LogP contribution in [0, 0.1) is 0 Å². The van der Waals surface area contributed by atoms with Crippen LogP contribution in [0.1, 0.15) is 49.9 Å². The highest BCUT2D eigenvalue weighted by molar-refractivity contribution is 7.17. The molecule has 0 spiro atoms. The summed E-state index contributed by atoms with van der Waals surface area (Å²) in [5.74, 6) is -0.276. The number of carbonyl (C=O) groups is 2. The van der Waals surface area contributed by atoms with Crippen molar-refractivity contribution in [1.29, 1.82) is 0 Å². The van der Waals surface area contributed by atoms with Crippen molar-refractivity contribution in [3.63, 3.8) is 0 Å². The number of esters is 1. The van der Waals surface area contributed by atoms with Crippen LogP contribution in [0.15, 0.2) is 59.3 Å². The van der Waals surface area contributed by atoms with Crippen LogP contribution in [0.2, 0.25) is 0 Å². The van der Waals surface area contributed by atoms with Crippen LogP contribution in [0.25, 0.3) is 11.5 Å². The van der Waals surface area contributed by atoms with Crippen molar-refractivity contribution >= 4 is 28.2 Å². The normalized spacial score (nSPS) is 12.7. The number of hydrogen-bond donors (Lipinski definition) is 1. The minimum Gasteiger partial charge on any atom is -0.452 e. The summed E-state index contributed by atoms with van der Waals surface area (Å²) in [6, 6.07) is 12.7. The van der Waals surface area contributed by atoms with Gasteiger partial charge in [0.1, 0.15) is 5.00 Å². The van der Waals surface area contributed by atoms with Gasteiger partial charge in [-0.25, -0.2) is 4.79 Å². The summed E-state index contributed by atoms with van der Waals surface area (Å²) in [6.07, 6.45) is 6.79. The number of nitrogens with one attached hydrogen (secondary N) is 1. The van der Waals surface area contributed by atoms with Gasteiger partial charge >= 0.3 is 5.97 Å². The first-order valence-corrected chi connectivity index (χ1v) is 11.4. The molecule has 0 bridgehead atoms. The van der Waals surface area contributed by atoms with Gasteiger partial charge in [-0.2, -0.15) is 0 Å². The first-order chi connectivity index (χ1) is 16.2. The summed E-state index contributed by atoms with van der Waals surface area (Å²) >= 11 is 1.43. The summed E-state index contributed by atoms with van der Waals surface area (Å²) in [6.45, 7) is -0.153. The van der Waals surface area contributed by atoms with E-state index in [1.54, 1.807) is 18.3 Å². The highest BCUT2D eigenvalue weighted by atomic mass is 32.1. The summed E-state index contributed by atoms with van der Waals surface area (Å²) in [4.78, 5) is 30.9. The molecule has 0 saturated carbocycles. The van der Waals surface area contributed by atoms with Crippen LogP contribution < -0.4 is 5.32 Å². The Bertz CT molecular complexity index is 1280. The van der Waals surface area contributed by atoms with Crippen molar-refractivity contribution in [2.75, 3.05) is 5.32 Å². The quantitative estimate of drug-likeness (QED) is 0.416. The van der Waals surface area contributed by atoms with Crippen molar-refractivity contribution in [1.82, 2.24) is 15.2 Å². The SMILES string of the molecule is O=C(Nc1sc2c(c1C(=O)OCc1nnc(-c3ccccc3)o1)CCCC2)c1cccnc1. The third-order valence-corrected chi connectivity index (χ3v) is 6.55. The number of benzene rings is 1. The van der Waals surface area contributed by atoms with E-state index < -0.39 is 5.97 Å². The lowest BCUT2D eigenvalue weighted by molar-refractivity contribution is 0.0439. The number of anilines is 1. The molecule has 0 fully saturated rings. The Kier molecular flexibility index (Phi) is 5.95. The van der Waals surface area contributed by atoms with Crippen molar-refractivity contribution in [2.45, 2.75) is 32.3 Å². The van der Waals surface area contributed by atoms with Gasteiger partial charge in [0, 0.05) is 22.8 Å². The summed E-state index contributed by atoms with van der Waals surface area (Å²) < 4.78 is 11.2. The smallest absolute Gasteiger partial charge is 0.341 e. The lowest BCUT2D eigenvalue weighted by Crippen LogP contribution is -2.16. The molecule has 33 heavy (non-hydrogen) atoms. The van der Waals surface area contributed by atoms with E-state index in [1.165, 1.54) is 17.5 Å². The Labute approximate surface area is 193 Å². The Hall–Kier alpha value is -3.85. The van der Waals surface area contributed by atoms with Gasteiger partial charge in [0.15, 0.2) is 6.61 Å². The maximum atomic E-state index is 13.1. The Balaban J connectivity index is 1.34. The Morgan fingerprint density at radius 2 is 1.91 bits per heavy atom. The van der Waals surface area contributed by atoms with Crippen molar-refractivity contribution in [2.24, 2.45) is 0 Å². The molecular formula is C24H20N4O4S. The second kappa shape index (κ2) is 9.33. The monoisotopic (exact) mass is 460 g/mol. The molecule has 0 aliphatic heterocycles. The van der Waals surface area contributed by atoms with E-state index in [1.807, 2.05) is 30.3 Å². The Morgan fingerprint density at radius 1 is 1.06 bits per heavy atom. The number of aromatic nitrogens is 3. The minimum absolute atomic E-state index is 0.153. The van der Waals surface area contributed by atoms with E-state index in [-0.39, 0.29) is 18.4 Å². The van der Waals surface area contributed by atoms with Gasteiger partial charge in [-0.05, 0) is 55.5 Å². The molecule has 3 heterocycles. The zero-order valence-electron chi connectivity index (χ0n) is 17.6. The molecule has 0 atom stereocenters. The zero-order chi connectivity index (χ0) is 22.6. The molecule has 1 aliphatic rings. The van der Waals surface area contributed by atoms with Gasteiger partial charge < -0.3 is 14.5 Å². The van der Waals surface area contributed by atoms with Crippen molar-refractivity contribution in [3.8, 4) is 11.5 Å². The van der Waals surface area contributed by atoms with Gasteiger partial charge in [-0.3, -0.25) is 9.78 Å². The second-order valence-corrected chi connectivity index (χ2v) is 8.66. The first-order valence-electron chi connectivity index (χ1n) is 10.6. The molecule has 8 nitrogen and oxygen atoms in total. The molecule has 3 aromatic heterocycles. The topological polar surface area (TPSA) is 107 Å². The summed E-state index contributed by atoms with van der Waals surface area (Å²) in [5, 5.41) is 11.4. The van der Waals surface area contributed by atoms with Gasteiger partial charge in [-0.1, -0.05) is 18.2 Å². The average Bonchev–Trinajstić information content (AvgIpc) is 3.48. The van der Waals surface area contributed by atoms with Crippen molar-refractivity contribution in [3.05, 3.63) is 82.3 Å². The highest BCUT2D eigenvalue weighted by Gasteiger charge is 2.28. The number of nitrogens with zero attached hydrogens (tertiary/aromatic N) is 3. The molecule has 1 amide bonds. The largest absolute Gasteiger partial charge is 0.452 e. The first kappa shape index (κ1) is 21.0. The molecule has 0 saturated heterocycles. The second-order valence-electron chi connectivity index (χ2n) is 7.55. The van der Waals surface area contributed by atoms with Gasteiger partial charge in [0.2, 0.25) is 5.89 Å². The maximum absolute atomic E-state index is 13.1. The fourth-order valence-electron chi connectivity index (χ4n) is 3.75. The molecule has 1 aromatic carbocycles. The lowest BCUT2D eigenvalue weighted by Gasteiger charge is -2.12. The number of rotatable bonds is 6. The van der Waals surface area contributed by atoms with Crippen LogP contribution in [-0.4, -0.2) is 27.1 Å². The number of pyridine rings is 1. The van der Waals surface area contributed by atoms with E-state index in [4.69, 9.17) is 9.15 Å². The fraction of sp³-hybridized carbons (Fsp3) is 0.208. The molecule has 0 unspecified atom stereocenters. The molecule has 1 N–H and O–H groups in total. The van der Waals surface area contributed by atoms with Gasteiger partial charge in [-0.15, -0.1) is 21.5 Å². The fourth-order valence-corrected chi connectivity index (χ4v) is 5.02. The molecule has 1 aliphatic carbocycles. The number of hydrogen-bond acceptors (Lipinski definition) is 8. The van der Waals surface area contributed by atoms with Crippen LogP contribution in [0.5, 0.6) is 0 Å². The molecule has 4 aromatic rings. The molecular weight excluding hydrogens is 440 g/mol. The van der Waals surface area contributed by atoms with Gasteiger partial charge in [0.25, 0.3) is 11.8 Å². The number of amides is 1. The highest BCUT2D eigenvalue weighted by Crippen LogP contribution is 2.39. The summed E-state index contributed by atoms with van der Waals surface area (Å²) in [7, 11) is 0. The number of ether oxygens (including phenoxy) is 1. The van der Waals surface area contributed by atoms with E-state index in [0.29, 0.717) is 22.0 Å². The van der Waals surface area contributed by atoms with Crippen LogP contribution in [0.4, 0.5) is 5.00 Å². The molecule has 5 rings (SSSR count). The molecule has 9 heteroatoms. The third kappa shape index (κ3) is 4.54. The predicted octanol–water partition coefficient (Wildman–Crippen LogP) is 4.68. The summed E-state index contributed by atoms with van der Waals surface area (Å²) in [5.41, 5.74) is 2.57. The molecule has 166 valence electrons.